The molecule has 1 aliphatic heterocycles. The first-order valence-electron chi connectivity index (χ1n) is 12.2. The standard InChI is InChI=1S/C29H36N2O3/c1-32-28-14-13-25(22-29(28)33-2)23-31-18-16-30(17-19-31)15-8-20-34-27-12-7-6-11-26(27)21-24-9-4-3-5-10-24/h3-7,9-14,22H,8,15-21,23H2,1-2H3. The maximum Gasteiger partial charge on any atom is 0.161 e. The van der Waals surface area contributed by atoms with Crippen LogP contribution in [0.4, 0.5) is 0 Å². The molecule has 3 aromatic rings. The van der Waals surface area contributed by atoms with E-state index in [0.29, 0.717) is 0 Å². The highest BCUT2D eigenvalue weighted by Crippen LogP contribution is 2.28. The minimum atomic E-state index is 0.748. The van der Waals surface area contributed by atoms with Crippen molar-refractivity contribution in [1.82, 2.24) is 9.80 Å². The molecule has 0 spiro atoms. The summed E-state index contributed by atoms with van der Waals surface area (Å²) in [5.74, 6) is 2.58. The van der Waals surface area contributed by atoms with Gasteiger partial charge in [-0.2, -0.15) is 0 Å². The second-order valence-electron chi connectivity index (χ2n) is 8.78. The number of nitrogens with zero attached hydrogens (tertiary/aromatic N) is 2. The fraction of sp³-hybridized carbons (Fsp3) is 0.379. The van der Waals surface area contributed by atoms with Gasteiger partial charge in [0.1, 0.15) is 5.75 Å². The molecule has 34 heavy (non-hydrogen) atoms. The van der Waals surface area contributed by atoms with Crippen LogP contribution in [0.3, 0.4) is 0 Å². The molecule has 5 nitrogen and oxygen atoms in total. The minimum absolute atomic E-state index is 0.748. The van der Waals surface area contributed by atoms with E-state index < -0.39 is 0 Å². The number of piperazine rings is 1. The predicted octanol–water partition coefficient (Wildman–Crippen LogP) is 4.88. The van der Waals surface area contributed by atoms with Crippen molar-refractivity contribution in [2.45, 2.75) is 19.4 Å². The van der Waals surface area contributed by atoms with Gasteiger partial charge in [0, 0.05) is 45.7 Å². The number of benzene rings is 3. The molecular formula is C29H36N2O3. The van der Waals surface area contributed by atoms with Gasteiger partial charge >= 0.3 is 0 Å². The van der Waals surface area contributed by atoms with E-state index in [9.17, 15) is 0 Å². The third kappa shape index (κ3) is 6.75. The van der Waals surface area contributed by atoms with Gasteiger partial charge in [0.05, 0.1) is 20.8 Å². The van der Waals surface area contributed by atoms with Gasteiger partial charge in [-0.1, -0.05) is 54.6 Å². The topological polar surface area (TPSA) is 34.2 Å². The minimum Gasteiger partial charge on any atom is -0.493 e. The summed E-state index contributed by atoms with van der Waals surface area (Å²) in [4.78, 5) is 5.05. The molecule has 0 saturated carbocycles. The van der Waals surface area contributed by atoms with Crippen molar-refractivity contribution in [3.05, 3.63) is 89.5 Å². The Morgan fingerprint density at radius 2 is 1.38 bits per heavy atom. The number of para-hydroxylation sites is 1. The molecule has 0 atom stereocenters. The quantitative estimate of drug-likeness (QED) is 0.381. The lowest BCUT2D eigenvalue weighted by Gasteiger charge is -2.34. The number of ether oxygens (including phenoxy) is 3. The van der Waals surface area contributed by atoms with Crippen LogP contribution in [0, 0.1) is 0 Å². The van der Waals surface area contributed by atoms with E-state index in [-0.39, 0.29) is 0 Å². The van der Waals surface area contributed by atoms with Crippen molar-refractivity contribution in [3.8, 4) is 17.2 Å². The lowest BCUT2D eigenvalue weighted by Crippen LogP contribution is -2.46. The predicted molar refractivity (Wildman–Crippen MR) is 137 cm³/mol. The normalized spacial score (nSPS) is 14.6. The van der Waals surface area contributed by atoms with Gasteiger partial charge in [0.25, 0.3) is 0 Å². The molecule has 0 aromatic heterocycles. The molecule has 1 fully saturated rings. The van der Waals surface area contributed by atoms with E-state index in [1.54, 1.807) is 14.2 Å². The van der Waals surface area contributed by atoms with E-state index in [4.69, 9.17) is 14.2 Å². The fourth-order valence-electron chi connectivity index (χ4n) is 4.48. The van der Waals surface area contributed by atoms with Crippen molar-refractivity contribution >= 4 is 0 Å². The van der Waals surface area contributed by atoms with E-state index in [1.165, 1.54) is 16.7 Å². The molecule has 1 heterocycles. The van der Waals surface area contributed by atoms with Crippen LogP contribution in [0.2, 0.25) is 0 Å². The molecule has 3 aromatic carbocycles. The first-order chi connectivity index (χ1) is 16.7. The Labute approximate surface area is 203 Å². The van der Waals surface area contributed by atoms with Crippen LogP contribution in [-0.2, 0) is 13.0 Å². The summed E-state index contributed by atoms with van der Waals surface area (Å²) < 4.78 is 17.0. The molecule has 0 bridgehead atoms. The van der Waals surface area contributed by atoms with Gasteiger partial charge in [-0.05, 0) is 41.3 Å². The van der Waals surface area contributed by atoms with E-state index in [2.05, 4.69) is 76.5 Å². The molecule has 0 radical (unpaired) electrons. The van der Waals surface area contributed by atoms with Gasteiger partial charge in [0.2, 0.25) is 0 Å². The zero-order chi connectivity index (χ0) is 23.6. The van der Waals surface area contributed by atoms with Crippen LogP contribution >= 0.6 is 0 Å². The Bertz CT molecular complexity index is 1020. The van der Waals surface area contributed by atoms with Crippen molar-refractivity contribution in [3.63, 3.8) is 0 Å². The Balaban J connectivity index is 1.18. The maximum absolute atomic E-state index is 6.18. The molecule has 0 aliphatic carbocycles. The Kier molecular flexibility index (Phi) is 8.83. The highest BCUT2D eigenvalue weighted by Gasteiger charge is 2.17. The monoisotopic (exact) mass is 460 g/mol. The summed E-state index contributed by atoms with van der Waals surface area (Å²) in [6, 6.07) is 25.2. The van der Waals surface area contributed by atoms with E-state index in [0.717, 1.165) is 76.0 Å². The average Bonchev–Trinajstić information content (AvgIpc) is 2.89. The number of methoxy groups -OCH3 is 2. The Morgan fingerprint density at radius 3 is 2.15 bits per heavy atom. The molecule has 0 amide bonds. The van der Waals surface area contributed by atoms with Crippen LogP contribution < -0.4 is 14.2 Å². The van der Waals surface area contributed by atoms with Gasteiger partial charge in [-0.3, -0.25) is 4.90 Å². The molecule has 5 heteroatoms. The van der Waals surface area contributed by atoms with Gasteiger partial charge in [0.15, 0.2) is 11.5 Å². The van der Waals surface area contributed by atoms with Gasteiger partial charge < -0.3 is 19.1 Å². The van der Waals surface area contributed by atoms with Crippen molar-refractivity contribution < 1.29 is 14.2 Å². The maximum atomic E-state index is 6.18. The lowest BCUT2D eigenvalue weighted by atomic mass is 10.0. The number of rotatable bonds is 11. The summed E-state index contributed by atoms with van der Waals surface area (Å²) in [6.45, 7) is 7.11. The second-order valence-corrected chi connectivity index (χ2v) is 8.78. The van der Waals surface area contributed by atoms with Crippen LogP contribution in [0.5, 0.6) is 17.2 Å². The van der Waals surface area contributed by atoms with Crippen molar-refractivity contribution in [2.24, 2.45) is 0 Å². The molecule has 0 unspecified atom stereocenters. The Hall–Kier alpha value is -3.02. The zero-order valence-corrected chi connectivity index (χ0v) is 20.4. The smallest absolute Gasteiger partial charge is 0.161 e. The van der Waals surface area contributed by atoms with E-state index in [1.807, 2.05) is 6.07 Å². The third-order valence-corrected chi connectivity index (χ3v) is 6.41. The molecule has 4 rings (SSSR count). The third-order valence-electron chi connectivity index (χ3n) is 6.41. The molecule has 0 N–H and O–H groups in total. The number of hydrogen-bond donors (Lipinski definition) is 0. The molecule has 1 aliphatic rings. The molecular weight excluding hydrogens is 424 g/mol. The molecule has 180 valence electrons. The number of hydrogen-bond acceptors (Lipinski definition) is 5. The van der Waals surface area contributed by atoms with Gasteiger partial charge in [-0.25, -0.2) is 0 Å². The van der Waals surface area contributed by atoms with Gasteiger partial charge in [-0.15, -0.1) is 0 Å². The molecule has 1 saturated heterocycles. The highest BCUT2D eigenvalue weighted by atomic mass is 16.5. The first kappa shape index (κ1) is 24.1. The van der Waals surface area contributed by atoms with Crippen LogP contribution in [0.25, 0.3) is 0 Å². The van der Waals surface area contributed by atoms with Crippen molar-refractivity contribution in [2.75, 3.05) is 53.6 Å². The summed E-state index contributed by atoms with van der Waals surface area (Å²) in [5.41, 5.74) is 3.82. The summed E-state index contributed by atoms with van der Waals surface area (Å²) in [7, 11) is 3.36. The van der Waals surface area contributed by atoms with Crippen molar-refractivity contribution in [1.29, 1.82) is 0 Å². The second kappa shape index (κ2) is 12.4. The average molecular weight is 461 g/mol. The summed E-state index contributed by atoms with van der Waals surface area (Å²) in [6.07, 6.45) is 1.94. The van der Waals surface area contributed by atoms with Crippen LogP contribution in [-0.4, -0.2) is 63.4 Å². The summed E-state index contributed by atoms with van der Waals surface area (Å²) >= 11 is 0. The Morgan fingerprint density at radius 1 is 0.676 bits per heavy atom. The lowest BCUT2D eigenvalue weighted by molar-refractivity contribution is 0.121. The van der Waals surface area contributed by atoms with Crippen LogP contribution in [0.1, 0.15) is 23.1 Å². The zero-order valence-electron chi connectivity index (χ0n) is 20.4. The fourth-order valence-corrected chi connectivity index (χ4v) is 4.48. The SMILES string of the molecule is COc1ccc(CN2CCN(CCCOc3ccccc3Cc3ccccc3)CC2)cc1OC. The van der Waals surface area contributed by atoms with Crippen LogP contribution in [0.15, 0.2) is 72.8 Å². The highest BCUT2D eigenvalue weighted by molar-refractivity contribution is 5.43. The summed E-state index contributed by atoms with van der Waals surface area (Å²) in [5, 5.41) is 0. The van der Waals surface area contributed by atoms with E-state index >= 15 is 0 Å². The largest absolute Gasteiger partial charge is 0.493 e. The first-order valence-corrected chi connectivity index (χ1v) is 12.2.